The van der Waals surface area contributed by atoms with Crippen molar-refractivity contribution in [1.82, 2.24) is 31.3 Å². The van der Waals surface area contributed by atoms with Gasteiger partial charge < -0.3 is 15.4 Å². The second-order valence-electron chi connectivity index (χ2n) is 6.12. The number of carbonyl (C=O) groups excluding carboxylic acids is 1. The van der Waals surface area contributed by atoms with E-state index in [4.69, 9.17) is 4.74 Å². The highest BCUT2D eigenvalue weighted by Crippen LogP contribution is 2.28. The van der Waals surface area contributed by atoms with E-state index in [1.54, 1.807) is 0 Å². The molecule has 1 aromatic carbocycles. The zero-order valence-corrected chi connectivity index (χ0v) is 13.9. The molecule has 1 fully saturated rings. The molecule has 24 heavy (non-hydrogen) atoms. The lowest BCUT2D eigenvalue weighted by Gasteiger charge is -2.37. The van der Waals surface area contributed by atoms with Gasteiger partial charge in [0, 0.05) is 12.8 Å². The fraction of sp³-hybridized carbons (Fsp3) is 0.500. The predicted octanol–water partition coefficient (Wildman–Crippen LogP) is 0.887. The summed E-state index contributed by atoms with van der Waals surface area (Å²) in [6, 6.07) is 7.41. The minimum atomic E-state index is -0.890. The van der Waals surface area contributed by atoms with E-state index >= 15 is 0 Å². The van der Waals surface area contributed by atoms with Gasteiger partial charge in [-0.2, -0.15) is 5.21 Å². The Hall–Kier alpha value is -2.48. The summed E-state index contributed by atoms with van der Waals surface area (Å²) in [5.74, 6) is 0.995. The van der Waals surface area contributed by atoms with E-state index in [9.17, 15) is 4.79 Å². The van der Waals surface area contributed by atoms with Crippen molar-refractivity contribution in [3.05, 3.63) is 35.7 Å². The van der Waals surface area contributed by atoms with Crippen LogP contribution >= 0.6 is 0 Å². The van der Waals surface area contributed by atoms with Gasteiger partial charge in [0.15, 0.2) is 11.4 Å². The fourth-order valence-corrected chi connectivity index (χ4v) is 2.78. The van der Waals surface area contributed by atoms with E-state index in [-0.39, 0.29) is 11.9 Å². The van der Waals surface area contributed by atoms with Crippen molar-refractivity contribution in [1.29, 1.82) is 0 Å². The van der Waals surface area contributed by atoms with Crippen molar-refractivity contribution in [3.8, 4) is 5.75 Å². The van der Waals surface area contributed by atoms with E-state index in [0.29, 0.717) is 24.4 Å². The van der Waals surface area contributed by atoms with Crippen LogP contribution in [0.5, 0.6) is 5.75 Å². The molecule has 2 heterocycles. The molecule has 0 saturated carbocycles. The summed E-state index contributed by atoms with van der Waals surface area (Å²) in [6.45, 7) is 5.30. The Labute approximate surface area is 140 Å². The highest BCUT2D eigenvalue weighted by Gasteiger charge is 2.42. The molecule has 0 unspecified atom stereocenters. The van der Waals surface area contributed by atoms with E-state index in [0.717, 1.165) is 18.7 Å². The number of rotatable bonds is 5. The predicted molar refractivity (Wildman–Crippen MR) is 87.4 cm³/mol. The number of benzene rings is 1. The van der Waals surface area contributed by atoms with Gasteiger partial charge in [-0.05, 0) is 39.1 Å². The number of amides is 1. The molecule has 1 aromatic heterocycles. The number of aromatic amines is 1. The first kappa shape index (κ1) is 16.4. The van der Waals surface area contributed by atoms with Crippen molar-refractivity contribution >= 4 is 5.91 Å². The Kier molecular flexibility index (Phi) is 4.75. The number of nitrogens with one attached hydrogen (secondary N) is 3. The van der Waals surface area contributed by atoms with Gasteiger partial charge in [0.2, 0.25) is 0 Å². The summed E-state index contributed by atoms with van der Waals surface area (Å²) >= 11 is 0. The molecule has 8 nitrogen and oxygen atoms in total. The van der Waals surface area contributed by atoms with E-state index in [2.05, 4.69) is 31.3 Å². The number of piperidine rings is 1. The number of H-pyrrole nitrogens is 1. The SMILES string of the molecule is Cc1ccc(OC2(C(=O)N[C@H](C)c3nn[nH]n3)CCNCC2)cc1. The Bertz CT molecular complexity index is 664. The quantitative estimate of drug-likeness (QED) is 0.752. The Morgan fingerprint density at radius 2 is 2.00 bits per heavy atom. The molecule has 1 amide bonds. The topological polar surface area (TPSA) is 105 Å². The van der Waals surface area contributed by atoms with Gasteiger partial charge in [-0.1, -0.05) is 22.9 Å². The number of tetrazole rings is 1. The third-order valence-electron chi connectivity index (χ3n) is 4.26. The van der Waals surface area contributed by atoms with Crippen LogP contribution in [-0.2, 0) is 4.79 Å². The summed E-state index contributed by atoms with van der Waals surface area (Å²) in [4.78, 5) is 12.9. The van der Waals surface area contributed by atoms with Gasteiger partial charge in [-0.15, -0.1) is 10.2 Å². The summed E-state index contributed by atoms with van der Waals surface area (Å²) in [5.41, 5.74) is 0.260. The number of hydrogen-bond acceptors (Lipinski definition) is 6. The van der Waals surface area contributed by atoms with Crippen LogP contribution in [0.25, 0.3) is 0 Å². The molecule has 1 atom stereocenters. The minimum absolute atomic E-state index is 0.151. The number of ether oxygens (including phenoxy) is 1. The van der Waals surface area contributed by atoms with Crippen LogP contribution in [0.1, 0.15) is 37.2 Å². The van der Waals surface area contributed by atoms with Gasteiger partial charge in [0.05, 0.1) is 6.04 Å². The maximum Gasteiger partial charge on any atom is 0.264 e. The molecule has 8 heteroatoms. The lowest BCUT2D eigenvalue weighted by molar-refractivity contribution is -0.140. The van der Waals surface area contributed by atoms with Gasteiger partial charge in [-0.3, -0.25) is 4.79 Å². The molecule has 1 saturated heterocycles. The molecular weight excluding hydrogens is 308 g/mol. The first-order chi connectivity index (χ1) is 11.6. The normalized spacial score (nSPS) is 17.9. The van der Waals surface area contributed by atoms with E-state index in [1.165, 1.54) is 0 Å². The molecule has 2 aromatic rings. The molecular formula is C16H22N6O2. The number of aromatic nitrogens is 4. The molecule has 0 aliphatic carbocycles. The van der Waals surface area contributed by atoms with Crippen LogP contribution in [0, 0.1) is 6.92 Å². The van der Waals surface area contributed by atoms with Crippen LogP contribution in [0.15, 0.2) is 24.3 Å². The van der Waals surface area contributed by atoms with E-state index in [1.807, 2.05) is 38.1 Å². The molecule has 0 radical (unpaired) electrons. The third kappa shape index (κ3) is 3.53. The maximum absolute atomic E-state index is 12.9. The molecule has 1 aliphatic heterocycles. The Morgan fingerprint density at radius 3 is 2.62 bits per heavy atom. The first-order valence-electron chi connectivity index (χ1n) is 8.10. The van der Waals surface area contributed by atoms with Crippen molar-refractivity contribution in [2.45, 2.75) is 38.3 Å². The lowest BCUT2D eigenvalue weighted by atomic mass is 9.90. The van der Waals surface area contributed by atoms with Crippen LogP contribution in [-0.4, -0.2) is 45.2 Å². The van der Waals surface area contributed by atoms with E-state index < -0.39 is 5.60 Å². The van der Waals surface area contributed by atoms with Gasteiger partial charge >= 0.3 is 0 Å². The van der Waals surface area contributed by atoms with Crippen molar-refractivity contribution in [2.75, 3.05) is 13.1 Å². The van der Waals surface area contributed by atoms with Crippen LogP contribution < -0.4 is 15.4 Å². The number of aryl methyl sites for hydroxylation is 1. The van der Waals surface area contributed by atoms with Gasteiger partial charge in [0.25, 0.3) is 5.91 Å². The minimum Gasteiger partial charge on any atom is -0.477 e. The molecule has 128 valence electrons. The summed E-state index contributed by atoms with van der Waals surface area (Å²) in [5, 5.41) is 20.0. The number of nitrogens with zero attached hydrogens (tertiary/aromatic N) is 3. The highest BCUT2D eigenvalue weighted by atomic mass is 16.5. The third-order valence-corrected chi connectivity index (χ3v) is 4.26. The molecule has 1 aliphatic rings. The van der Waals surface area contributed by atoms with Crippen molar-refractivity contribution in [3.63, 3.8) is 0 Å². The molecule has 0 bridgehead atoms. The number of carbonyl (C=O) groups is 1. The second kappa shape index (κ2) is 6.96. The molecule has 3 N–H and O–H groups in total. The van der Waals surface area contributed by atoms with Crippen molar-refractivity contribution in [2.24, 2.45) is 0 Å². The van der Waals surface area contributed by atoms with Crippen molar-refractivity contribution < 1.29 is 9.53 Å². The largest absolute Gasteiger partial charge is 0.477 e. The number of hydrogen-bond donors (Lipinski definition) is 3. The summed E-state index contributed by atoms with van der Waals surface area (Å²) in [7, 11) is 0. The highest BCUT2D eigenvalue weighted by molar-refractivity contribution is 5.86. The average molecular weight is 330 g/mol. The van der Waals surface area contributed by atoms with Crippen LogP contribution in [0.2, 0.25) is 0 Å². The Morgan fingerprint density at radius 1 is 1.29 bits per heavy atom. The summed E-state index contributed by atoms with van der Waals surface area (Å²) < 4.78 is 6.16. The summed E-state index contributed by atoms with van der Waals surface area (Å²) in [6.07, 6.45) is 1.21. The zero-order valence-electron chi connectivity index (χ0n) is 13.9. The lowest BCUT2D eigenvalue weighted by Crippen LogP contribution is -2.57. The average Bonchev–Trinajstić information content (AvgIpc) is 3.12. The standard InChI is InChI=1S/C16H22N6O2/c1-11-3-5-13(6-4-11)24-16(7-9-17-10-8-16)15(23)18-12(2)14-19-21-22-20-14/h3-6,12,17H,7-10H2,1-2H3,(H,18,23)(H,19,20,21,22)/t12-/m1/s1. The Balaban J connectivity index is 1.77. The van der Waals surface area contributed by atoms with Gasteiger partial charge in [0.1, 0.15) is 5.75 Å². The zero-order chi connectivity index (χ0) is 17.0. The first-order valence-corrected chi connectivity index (χ1v) is 8.10. The maximum atomic E-state index is 12.9. The van der Waals surface area contributed by atoms with Crippen LogP contribution in [0.3, 0.4) is 0 Å². The molecule has 3 rings (SSSR count). The van der Waals surface area contributed by atoms with Gasteiger partial charge in [-0.25, -0.2) is 0 Å². The smallest absolute Gasteiger partial charge is 0.264 e. The van der Waals surface area contributed by atoms with Crippen LogP contribution in [0.4, 0.5) is 0 Å². The molecule has 0 spiro atoms. The fourth-order valence-electron chi connectivity index (χ4n) is 2.78. The second-order valence-corrected chi connectivity index (χ2v) is 6.12. The monoisotopic (exact) mass is 330 g/mol.